The molecule has 0 bridgehead atoms. The van der Waals surface area contributed by atoms with Crippen LogP contribution in [-0.4, -0.2) is 23.4 Å². The second-order valence-corrected chi connectivity index (χ2v) is 7.24. The fourth-order valence-corrected chi connectivity index (χ4v) is 3.55. The van der Waals surface area contributed by atoms with Crippen molar-refractivity contribution in [3.63, 3.8) is 0 Å². The first-order valence-corrected chi connectivity index (χ1v) is 10.1. The summed E-state index contributed by atoms with van der Waals surface area (Å²) in [5, 5.41) is 7.22. The molecule has 2 amide bonds. The third-order valence-corrected chi connectivity index (χ3v) is 4.99. The molecule has 0 radical (unpaired) electrons. The molecule has 0 saturated heterocycles. The van der Waals surface area contributed by atoms with E-state index < -0.39 is 18.4 Å². The Hall–Kier alpha value is -4.05. The number of halogens is 2. The average Bonchev–Trinajstić information content (AvgIpc) is 3.46. The summed E-state index contributed by atoms with van der Waals surface area (Å²) < 4.78 is 34.9. The van der Waals surface area contributed by atoms with Gasteiger partial charge in [-0.1, -0.05) is 18.2 Å². The van der Waals surface area contributed by atoms with E-state index in [0.717, 1.165) is 11.3 Å². The van der Waals surface area contributed by atoms with Crippen LogP contribution in [0.5, 0.6) is 5.75 Å². The number of hydrogen-bond acceptors (Lipinski definition) is 6. The van der Waals surface area contributed by atoms with Crippen LogP contribution in [0, 0.1) is 0 Å². The van der Waals surface area contributed by atoms with E-state index >= 15 is 0 Å². The van der Waals surface area contributed by atoms with E-state index in [9.17, 15) is 18.4 Å². The molecule has 4 rings (SSSR count). The van der Waals surface area contributed by atoms with Gasteiger partial charge in [0, 0.05) is 22.2 Å². The topological polar surface area (TPSA) is 93.5 Å². The standard InChI is InChI=1S/C22H15F2N3O4S/c23-21(24)31-17-8-2-1-7-15(17)16-12-32-22(26-16)27-19(28)13-5-3-6-14(11-13)25-20(29)18-9-4-10-30-18/h1-12,21H,(H,25,29)(H,26,27,28). The summed E-state index contributed by atoms with van der Waals surface area (Å²) >= 11 is 1.14. The van der Waals surface area contributed by atoms with Crippen LogP contribution in [-0.2, 0) is 0 Å². The van der Waals surface area contributed by atoms with Gasteiger partial charge < -0.3 is 14.5 Å². The second kappa shape index (κ2) is 9.40. The molecule has 2 N–H and O–H groups in total. The minimum atomic E-state index is -2.96. The number of hydrogen-bond donors (Lipinski definition) is 2. The van der Waals surface area contributed by atoms with Crippen molar-refractivity contribution in [3.8, 4) is 17.0 Å². The molecule has 2 aromatic heterocycles. The Morgan fingerprint density at radius 2 is 1.84 bits per heavy atom. The van der Waals surface area contributed by atoms with Crippen molar-refractivity contribution < 1.29 is 27.5 Å². The van der Waals surface area contributed by atoms with Crippen LogP contribution in [0.3, 0.4) is 0 Å². The van der Waals surface area contributed by atoms with Crippen molar-refractivity contribution in [1.82, 2.24) is 4.98 Å². The van der Waals surface area contributed by atoms with E-state index in [2.05, 4.69) is 20.4 Å². The number of alkyl halides is 2. The highest BCUT2D eigenvalue weighted by molar-refractivity contribution is 7.14. The maximum atomic E-state index is 12.6. The number of thiazole rings is 1. The Labute approximate surface area is 184 Å². The lowest BCUT2D eigenvalue weighted by Gasteiger charge is -2.08. The Morgan fingerprint density at radius 3 is 2.62 bits per heavy atom. The number of nitrogens with one attached hydrogen (secondary N) is 2. The van der Waals surface area contributed by atoms with E-state index in [4.69, 9.17) is 4.42 Å². The zero-order chi connectivity index (χ0) is 22.5. The molecule has 0 unspecified atom stereocenters. The number of para-hydroxylation sites is 1. The van der Waals surface area contributed by atoms with Gasteiger partial charge in [-0.3, -0.25) is 14.9 Å². The molecule has 0 aliphatic heterocycles. The predicted molar refractivity (Wildman–Crippen MR) is 115 cm³/mol. The summed E-state index contributed by atoms with van der Waals surface area (Å²) in [6, 6.07) is 15.7. The normalized spacial score (nSPS) is 10.7. The van der Waals surface area contributed by atoms with E-state index in [1.807, 2.05) is 0 Å². The maximum Gasteiger partial charge on any atom is 0.387 e. The fourth-order valence-electron chi connectivity index (χ4n) is 2.84. The number of rotatable bonds is 7. The highest BCUT2D eigenvalue weighted by Crippen LogP contribution is 2.33. The van der Waals surface area contributed by atoms with Crippen molar-refractivity contribution in [3.05, 3.63) is 83.6 Å². The zero-order valence-corrected chi connectivity index (χ0v) is 17.1. The van der Waals surface area contributed by atoms with Gasteiger partial charge in [0.15, 0.2) is 10.9 Å². The molecule has 0 atom stereocenters. The fraction of sp³-hybridized carbons (Fsp3) is 0.0455. The Bertz CT molecular complexity index is 1240. The highest BCUT2D eigenvalue weighted by Gasteiger charge is 2.16. The van der Waals surface area contributed by atoms with Crippen LogP contribution in [0.4, 0.5) is 19.6 Å². The van der Waals surface area contributed by atoms with Gasteiger partial charge >= 0.3 is 6.61 Å². The van der Waals surface area contributed by atoms with Crippen LogP contribution in [0.15, 0.2) is 76.7 Å². The smallest absolute Gasteiger partial charge is 0.387 e. The SMILES string of the molecule is O=C(Nc1nc(-c2ccccc2OC(F)F)cs1)c1cccc(NC(=O)c2ccco2)c1. The lowest BCUT2D eigenvalue weighted by molar-refractivity contribution is -0.0494. The monoisotopic (exact) mass is 455 g/mol. The average molecular weight is 455 g/mol. The van der Waals surface area contributed by atoms with Crippen LogP contribution >= 0.6 is 11.3 Å². The van der Waals surface area contributed by atoms with Crippen LogP contribution < -0.4 is 15.4 Å². The van der Waals surface area contributed by atoms with Gasteiger partial charge in [0.25, 0.3) is 11.8 Å². The molecule has 0 aliphatic carbocycles. The lowest BCUT2D eigenvalue weighted by Crippen LogP contribution is -2.14. The summed E-state index contributed by atoms with van der Waals surface area (Å²) in [6.45, 7) is -2.96. The first-order valence-electron chi connectivity index (χ1n) is 9.25. The van der Waals surface area contributed by atoms with E-state index in [1.165, 1.54) is 24.5 Å². The van der Waals surface area contributed by atoms with Gasteiger partial charge in [-0.15, -0.1) is 11.3 Å². The molecule has 0 saturated carbocycles. The third-order valence-electron chi connectivity index (χ3n) is 4.23. The molecule has 32 heavy (non-hydrogen) atoms. The highest BCUT2D eigenvalue weighted by atomic mass is 32.1. The van der Waals surface area contributed by atoms with Gasteiger partial charge in [-0.2, -0.15) is 8.78 Å². The third kappa shape index (κ3) is 4.98. The number of anilines is 2. The molecule has 0 aliphatic rings. The predicted octanol–water partition coefficient (Wildman–Crippen LogP) is 5.51. The summed E-state index contributed by atoms with van der Waals surface area (Å²) in [4.78, 5) is 29.0. The van der Waals surface area contributed by atoms with E-state index in [0.29, 0.717) is 22.5 Å². The number of ether oxygens (including phenoxy) is 1. The lowest BCUT2D eigenvalue weighted by atomic mass is 10.1. The molecule has 2 heterocycles. The van der Waals surface area contributed by atoms with Gasteiger partial charge in [0.2, 0.25) is 0 Å². The zero-order valence-electron chi connectivity index (χ0n) is 16.2. The van der Waals surface area contributed by atoms with Crippen LogP contribution in [0.2, 0.25) is 0 Å². The number of carbonyl (C=O) groups excluding carboxylic acids is 2. The van der Waals surface area contributed by atoms with Crippen molar-refractivity contribution >= 4 is 34.0 Å². The summed E-state index contributed by atoms with van der Waals surface area (Å²) in [7, 11) is 0. The first kappa shape index (κ1) is 21.2. The Balaban J connectivity index is 1.47. The summed E-state index contributed by atoms with van der Waals surface area (Å²) in [5.74, 6) is -0.754. The molecular weight excluding hydrogens is 440 g/mol. The summed E-state index contributed by atoms with van der Waals surface area (Å²) in [5.41, 5.74) is 1.48. The van der Waals surface area contributed by atoms with Gasteiger partial charge in [0.1, 0.15) is 5.75 Å². The number of furan rings is 1. The van der Waals surface area contributed by atoms with Crippen LogP contribution in [0.25, 0.3) is 11.3 Å². The molecule has 0 fully saturated rings. The molecule has 10 heteroatoms. The van der Waals surface area contributed by atoms with Crippen LogP contribution in [0.1, 0.15) is 20.9 Å². The largest absolute Gasteiger partial charge is 0.459 e. The molecular formula is C22H15F2N3O4S. The van der Waals surface area contributed by atoms with E-state index in [-0.39, 0.29) is 16.6 Å². The Kier molecular flexibility index (Phi) is 6.22. The minimum absolute atomic E-state index is 0.00863. The van der Waals surface area contributed by atoms with Crippen molar-refractivity contribution in [2.45, 2.75) is 6.61 Å². The summed E-state index contributed by atoms with van der Waals surface area (Å²) in [6.07, 6.45) is 1.39. The van der Waals surface area contributed by atoms with E-state index in [1.54, 1.807) is 47.8 Å². The van der Waals surface area contributed by atoms with Crippen molar-refractivity contribution in [1.29, 1.82) is 0 Å². The molecule has 7 nitrogen and oxygen atoms in total. The van der Waals surface area contributed by atoms with Gasteiger partial charge in [0.05, 0.1) is 12.0 Å². The number of carbonyl (C=O) groups is 2. The van der Waals surface area contributed by atoms with Gasteiger partial charge in [-0.25, -0.2) is 4.98 Å². The second-order valence-electron chi connectivity index (χ2n) is 6.38. The first-order chi connectivity index (χ1) is 15.5. The minimum Gasteiger partial charge on any atom is -0.459 e. The van der Waals surface area contributed by atoms with Crippen molar-refractivity contribution in [2.24, 2.45) is 0 Å². The number of amides is 2. The van der Waals surface area contributed by atoms with Gasteiger partial charge in [-0.05, 0) is 42.5 Å². The molecule has 0 spiro atoms. The van der Waals surface area contributed by atoms with Crippen molar-refractivity contribution in [2.75, 3.05) is 10.6 Å². The number of benzene rings is 2. The Morgan fingerprint density at radius 1 is 1.00 bits per heavy atom. The maximum absolute atomic E-state index is 12.6. The quantitative estimate of drug-likeness (QED) is 0.383. The number of aromatic nitrogens is 1. The molecule has 2 aromatic carbocycles. The molecule has 4 aromatic rings. The number of nitrogens with zero attached hydrogens (tertiary/aromatic N) is 1. The molecule has 162 valence electrons.